The lowest BCUT2D eigenvalue weighted by Crippen LogP contribution is -2.51. The van der Waals surface area contributed by atoms with Crippen LogP contribution in [-0.2, 0) is 16.1 Å². The van der Waals surface area contributed by atoms with Gasteiger partial charge >= 0.3 is 0 Å². The van der Waals surface area contributed by atoms with E-state index in [0.717, 1.165) is 42.5 Å². The third kappa shape index (κ3) is 4.60. The molecule has 0 unspecified atom stereocenters. The maximum atomic E-state index is 12.6. The second-order valence-electron chi connectivity index (χ2n) is 7.53. The van der Waals surface area contributed by atoms with Crippen molar-refractivity contribution in [1.29, 1.82) is 5.26 Å². The molecule has 1 N–H and O–H groups in total. The van der Waals surface area contributed by atoms with E-state index in [1.165, 1.54) is 11.8 Å². The molecule has 1 aliphatic heterocycles. The lowest BCUT2D eigenvalue weighted by atomic mass is 9.90. The molecule has 26 heavy (non-hydrogen) atoms. The molecule has 1 fully saturated rings. The van der Waals surface area contributed by atoms with Gasteiger partial charge in [0.2, 0.25) is 5.91 Å². The van der Waals surface area contributed by atoms with Gasteiger partial charge in [0, 0.05) is 12.3 Å². The van der Waals surface area contributed by atoms with Gasteiger partial charge in [0.05, 0.1) is 29.7 Å². The summed E-state index contributed by atoms with van der Waals surface area (Å²) in [5.74, 6) is -0.116. The van der Waals surface area contributed by atoms with Crippen molar-refractivity contribution in [3.63, 3.8) is 0 Å². The minimum absolute atomic E-state index is 0.0274. The van der Waals surface area contributed by atoms with E-state index in [4.69, 9.17) is 4.74 Å². The van der Waals surface area contributed by atoms with E-state index in [9.17, 15) is 10.1 Å². The van der Waals surface area contributed by atoms with Crippen LogP contribution in [-0.4, -0.2) is 39.0 Å². The van der Waals surface area contributed by atoms with Crippen LogP contribution in [0.25, 0.3) is 0 Å². The highest BCUT2D eigenvalue weighted by atomic mass is 32.2. The first-order valence-electron chi connectivity index (χ1n) is 9.23. The van der Waals surface area contributed by atoms with Crippen LogP contribution in [0.1, 0.15) is 51.9 Å². The smallest absolute Gasteiger partial charge is 0.234 e. The molecule has 1 aliphatic rings. The molecule has 0 aromatic carbocycles. The van der Waals surface area contributed by atoms with Crippen LogP contribution >= 0.6 is 11.8 Å². The van der Waals surface area contributed by atoms with Crippen LogP contribution in [0.4, 0.5) is 0 Å². The number of hydrogen-bond donors (Lipinski definition) is 1. The molecule has 6 nitrogen and oxygen atoms in total. The number of nitrogens with one attached hydrogen (secondary N) is 1. The third-order valence-electron chi connectivity index (χ3n) is 5.25. The number of amides is 1. The number of thioether (sulfide) groups is 1. The van der Waals surface area contributed by atoms with E-state index in [1.54, 1.807) is 6.92 Å². The number of ether oxygens (including phenoxy) is 1. The fraction of sp³-hybridized carbons (Fsp3) is 0.737. The summed E-state index contributed by atoms with van der Waals surface area (Å²) in [5, 5.41) is 12.8. The molecule has 1 aromatic rings. The summed E-state index contributed by atoms with van der Waals surface area (Å²) in [6, 6.07) is 2.22. The van der Waals surface area contributed by atoms with E-state index in [0.29, 0.717) is 0 Å². The molecule has 2 heterocycles. The Kier molecular flexibility index (Phi) is 6.75. The zero-order valence-electron chi connectivity index (χ0n) is 16.6. The lowest BCUT2D eigenvalue weighted by molar-refractivity contribution is -0.121. The number of carbonyl (C=O) groups excluding carboxylic acids is 1. The zero-order chi connectivity index (χ0) is 19.5. The Hall–Kier alpha value is -1.52. The third-order valence-corrected chi connectivity index (χ3v) is 6.34. The highest BCUT2D eigenvalue weighted by Gasteiger charge is 2.32. The van der Waals surface area contributed by atoms with Crippen LogP contribution in [0.15, 0.2) is 5.16 Å². The van der Waals surface area contributed by atoms with Gasteiger partial charge in [-0.3, -0.25) is 4.79 Å². The summed E-state index contributed by atoms with van der Waals surface area (Å²) < 4.78 is 7.92. The Bertz CT molecular complexity index is 688. The second-order valence-corrected chi connectivity index (χ2v) is 8.84. The van der Waals surface area contributed by atoms with Gasteiger partial charge in [-0.05, 0) is 46.5 Å². The van der Waals surface area contributed by atoms with Gasteiger partial charge in [0.15, 0.2) is 5.16 Å². The van der Waals surface area contributed by atoms with Crippen molar-refractivity contribution in [1.82, 2.24) is 14.9 Å². The number of nitriles is 1. The van der Waals surface area contributed by atoms with Crippen molar-refractivity contribution in [2.24, 2.45) is 5.92 Å². The van der Waals surface area contributed by atoms with Gasteiger partial charge in [-0.25, -0.2) is 4.98 Å². The van der Waals surface area contributed by atoms with Crippen LogP contribution in [0.3, 0.4) is 0 Å². The number of aromatic nitrogens is 2. The normalized spacial score (nSPS) is 20.6. The predicted molar refractivity (Wildman–Crippen MR) is 103 cm³/mol. The summed E-state index contributed by atoms with van der Waals surface area (Å²) >= 11 is 1.43. The quantitative estimate of drug-likeness (QED) is 0.737. The Labute approximate surface area is 160 Å². The van der Waals surface area contributed by atoms with Gasteiger partial charge in [-0.1, -0.05) is 25.6 Å². The SMILES string of the molecule is Cc1nc(S[C@H](C)C(=O)N[C@@](C)(C#N)C(C)C)n(C[C@@H]2CCCO2)c1C. The second kappa shape index (κ2) is 8.45. The van der Waals surface area contributed by atoms with Crippen LogP contribution < -0.4 is 5.32 Å². The Morgan fingerprint density at radius 2 is 2.19 bits per heavy atom. The van der Waals surface area contributed by atoms with Crippen LogP contribution in [0.2, 0.25) is 0 Å². The summed E-state index contributed by atoms with van der Waals surface area (Å²) in [5.41, 5.74) is 1.21. The summed E-state index contributed by atoms with van der Waals surface area (Å²) in [7, 11) is 0. The molecular formula is C19H30N4O2S. The molecule has 1 saturated heterocycles. The van der Waals surface area contributed by atoms with E-state index >= 15 is 0 Å². The Morgan fingerprint density at radius 1 is 1.50 bits per heavy atom. The first-order valence-corrected chi connectivity index (χ1v) is 10.1. The monoisotopic (exact) mass is 378 g/mol. The molecule has 3 atom stereocenters. The molecule has 0 aliphatic carbocycles. The topological polar surface area (TPSA) is 79.9 Å². The highest BCUT2D eigenvalue weighted by Crippen LogP contribution is 2.28. The molecule has 0 saturated carbocycles. The number of carbonyl (C=O) groups is 1. The molecule has 0 radical (unpaired) electrons. The fourth-order valence-electron chi connectivity index (χ4n) is 2.79. The largest absolute Gasteiger partial charge is 0.376 e. The van der Waals surface area contributed by atoms with Gasteiger partial charge in [-0.2, -0.15) is 5.26 Å². The minimum atomic E-state index is -0.870. The van der Waals surface area contributed by atoms with E-state index < -0.39 is 5.54 Å². The molecule has 0 spiro atoms. The zero-order valence-corrected chi connectivity index (χ0v) is 17.4. The van der Waals surface area contributed by atoms with Crippen molar-refractivity contribution in [3.05, 3.63) is 11.4 Å². The van der Waals surface area contributed by atoms with E-state index in [-0.39, 0.29) is 23.2 Å². The van der Waals surface area contributed by atoms with Gasteiger partial charge in [0.25, 0.3) is 0 Å². The number of imidazole rings is 1. The number of rotatable bonds is 7. The van der Waals surface area contributed by atoms with Crippen molar-refractivity contribution >= 4 is 17.7 Å². The van der Waals surface area contributed by atoms with Crippen LogP contribution in [0, 0.1) is 31.1 Å². The predicted octanol–water partition coefficient (Wildman–Crippen LogP) is 3.21. The molecular weight excluding hydrogens is 348 g/mol. The Morgan fingerprint density at radius 3 is 2.73 bits per heavy atom. The number of hydrogen-bond acceptors (Lipinski definition) is 5. The van der Waals surface area contributed by atoms with Gasteiger partial charge in [-0.15, -0.1) is 0 Å². The molecule has 0 bridgehead atoms. The standard InChI is InChI=1S/C19H30N4O2S/c1-12(2)19(6,11-20)22-17(24)15(5)26-18-21-13(3)14(4)23(18)10-16-8-7-9-25-16/h12,15-16H,7-10H2,1-6H3,(H,22,24)/t15-,16+,19+/m1/s1. The fourth-order valence-corrected chi connectivity index (χ4v) is 3.80. The minimum Gasteiger partial charge on any atom is -0.376 e. The number of nitrogens with zero attached hydrogens (tertiary/aromatic N) is 3. The van der Waals surface area contributed by atoms with E-state index in [1.807, 2.05) is 27.7 Å². The first kappa shape index (κ1) is 20.8. The summed E-state index contributed by atoms with van der Waals surface area (Å²) in [4.78, 5) is 17.3. The highest BCUT2D eigenvalue weighted by molar-refractivity contribution is 8.00. The molecule has 1 amide bonds. The summed E-state index contributed by atoms with van der Waals surface area (Å²) in [6.07, 6.45) is 2.38. The van der Waals surface area contributed by atoms with Gasteiger partial charge < -0.3 is 14.6 Å². The molecule has 7 heteroatoms. The summed E-state index contributed by atoms with van der Waals surface area (Å²) in [6.45, 7) is 13.1. The Balaban J connectivity index is 2.11. The number of aryl methyl sites for hydroxylation is 1. The lowest BCUT2D eigenvalue weighted by Gasteiger charge is -2.28. The maximum absolute atomic E-state index is 12.6. The van der Waals surface area contributed by atoms with E-state index in [2.05, 4.69) is 27.9 Å². The molecule has 2 rings (SSSR count). The van der Waals surface area contributed by atoms with Crippen LogP contribution in [0.5, 0.6) is 0 Å². The maximum Gasteiger partial charge on any atom is 0.234 e. The van der Waals surface area contributed by atoms with Crippen molar-refractivity contribution < 1.29 is 9.53 Å². The van der Waals surface area contributed by atoms with Crippen molar-refractivity contribution in [2.75, 3.05) is 6.61 Å². The van der Waals surface area contributed by atoms with Gasteiger partial charge in [0.1, 0.15) is 5.54 Å². The molecule has 1 aromatic heterocycles. The van der Waals surface area contributed by atoms with Crippen molar-refractivity contribution in [2.45, 2.75) is 83.0 Å². The first-order chi connectivity index (χ1) is 12.2. The molecule has 144 valence electrons. The average Bonchev–Trinajstić information content (AvgIpc) is 3.19. The van der Waals surface area contributed by atoms with Crippen molar-refractivity contribution in [3.8, 4) is 6.07 Å². The average molecular weight is 379 g/mol.